The second kappa shape index (κ2) is 10.2. The summed E-state index contributed by atoms with van der Waals surface area (Å²) >= 11 is 0. The summed E-state index contributed by atoms with van der Waals surface area (Å²) in [5, 5.41) is 45.7. The summed E-state index contributed by atoms with van der Waals surface area (Å²) in [5.41, 5.74) is 0.778. The lowest BCUT2D eigenvalue weighted by Crippen LogP contribution is -2.54. The van der Waals surface area contributed by atoms with Crippen molar-refractivity contribution < 1.29 is 34.8 Å². The molecular formula is C20H23N3O7. The number of aliphatic hydroxyl groups excluding tert-OH is 2. The van der Waals surface area contributed by atoms with Crippen LogP contribution in [0.2, 0.25) is 0 Å². The van der Waals surface area contributed by atoms with Gasteiger partial charge in [0.25, 0.3) is 11.8 Å². The number of phenolic OH excluding ortho intramolecular Hbond substituents is 2. The molecule has 30 heavy (non-hydrogen) atoms. The van der Waals surface area contributed by atoms with E-state index in [0.29, 0.717) is 5.56 Å². The van der Waals surface area contributed by atoms with Gasteiger partial charge in [-0.3, -0.25) is 14.4 Å². The van der Waals surface area contributed by atoms with Crippen LogP contribution in [0, 0.1) is 0 Å². The Balaban J connectivity index is 2.03. The van der Waals surface area contributed by atoms with Crippen molar-refractivity contribution in [2.45, 2.75) is 24.7 Å². The summed E-state index contributed by atoms with van der Waals surface area (Å²) in [6.45, 7) is 0. The van der Waals surface area contributed by atoms with E-state index >= 15 is 0 Å². The Morgan fingerprint density at radius 3 is 2.10 bits per heavy atom. The van der Waals surface area contributed by atoms with Crippen LogP contribution in [0.15, 0.2) is 48.5 Å². The lowest BCUT2D eigenvalue weighted by Gasteiger charge is -2.22. The highest BCUT2D eigenvalue weighted by atomic mass is 16.3. The van der Waals surface area contributed by atoms with Crippen molar-refractivity contribution >= 4 is 23.4 Å². The molecule has 0 aliphatic carbocycles. The van der Waals surface area contributed by atoms with Crippen molar-refractivity contribution in [1.29, 1.82) is 0 Å². The molecule has 2 unspecified atom stereocenters. The third-order valence-electron chi connectivity index (χ3n) is 4.21. The summed E-state index contributed by atoms with van der Waals surface area (Å²) in [5.74, 6) is -2.83. The fraction of sp³-hybridized carbons (Fsp3) is 0.250. The molecule has 10 heteroatoms. The number of benzene rings is 2. The van der Waals surface area contributed by atoms with E-state index in [0.717, 1.165) is 0 Å². The molecule has 10 nitrogen and oxygen atoms in total. The van der Waals surface area contributed by atoms with Gasteiger partial charge in [0.15, 0.2) is 12.2 Å². The maximum Gasteiger partial charge on any atom is 0.256 e. The number of aliphatic hydroxyl groups is 2. The highest BCUT2D eigenvalue weighted by molar-refractivity contribution is 5.99. The highest BCUT2D eigenvalue weighted by Gasteiger charge is 2.32. The van der Waals surface area contributed by atoms with Crippen molar-refractivity contribution in [3.8, 4) is 11.5 Å². The molecule has 0 aliphatic rings. The van der Waals surface area contributed by atoms with E-state index in [2.05, 4.69) is 16.0 Å². The smallest absolute Gasteiger partial charge is 0.256 e. The second-order valence-electron chi connectivity index (χ2n) is 6.48. The number of rotatable bonds is 8. The normalized spacial score (nSPS) is 13.6. The number of carbonyl (C=O) groups excluding carboxylic acids is 3. The molecule has 0 aromatic heterocycles. The van der Waals surface area contributed by atoms with Gasteiger partial charge in [-0.2, -0.15) is 0 Å². The van der Waals surface area contributed by atoms with Crippen LogP contribution in [0.4, 0.5) is 5.69 Å². The van der Waals surface area contributed by atoms with Gasteiger partial charge < -0.3 is 36.4 Å². The van der Waals surface area contributed by atoms with Gasteiger partial charge >= 0.3 is 0 Å². The quantitative estimate of drug-likeness (QED) is 0.296. The van der Waals surface area contributed by atoms with E-state index in [1.807, 2.05) is 0 Å². The van der Waals surface area contributed by atoms with Gasteiger partial charge in [0, 0.05) is 25.2 Å². The Kier molecular flexibility index (Phi) is 7.73. The molecule has 2 aromatic carbocycles. The zero-order valence-electron chi connectivity index (χ0n) is 16.1. The molecular weight excluding hydrogens is 394 g/mol. The Hall–Kier alpha value is -3.63. The number of carbonyl (C=O) groups is 3. The Labute approximate surface area is 172 Å². The third-order valence-corrected chi connectivity index (χ3v) is 4.21. The minimum atomic E-state index is -2.14. The van der Waals surface area contributed by atoms with Crippen LogP contribution >= 0.6 is 0 Å². The van der Waals surface area contributed by atoms with E-state index in [1.165, 1.54) is 43.4 Å². The third kappa shape index (κ3) is 6.19. The van der Waals surface area contributed by atoms with Gasteiger partial charge in [-0.05, 0) is 29.8 Å². The summed E-state index contributed by atoms with van der Waals surface area (Å²) in [6.07, 6.45) is -4.22. The molecule has 0 saturated heterocycles. The van der Waals surface area contributed by atoms with Crippen molar-refractivity contribution in [3.05, 3.63) is 54.1 Å². The molecule has 2 rings (SSSR count). The average Bonchev–Trinajstić information content (AvgIpc) is 2.73. The molecule has 0 spiro atoms. The lowest BCUT2D eigenvalue weighted by molar-refractivity contribution is -0.144. The minimum absolute atomic E-state index is 0.0376. The topological polar surface area (TPSA) is 168 Å². The van der Waals surface area contributed by atoms with Gasteiger partial charge in [-0.15, -0.1) is 0 Å². The maximum absolute atomic E-state index is 12.3. The molecule has 2 aromatic rings. The van der Waals surface area contributed by atoms with Gasteiger partial charge in [0.05, 0.1) is 0 Å². The minimum Gasteiger partial charge on any atom is -0.508 e. The predicted octanol–water partition coefficient (Wildman–Crippen LogP) is -0.768. The molecule has 160 valence electrons. The predicted molar refractivity (Wildman–Crippen MR) is 107 cm³/mol. The largest absolute Gasteiger partial charge is 0.508 e. The first-order valence-corrected chi connectivity index (χ1v) is 8.97. The second-order valence-corrected chi connectivity index (χ2v) is 6.48. The lowest BCUT2D eigenvalue weighted by atomic mass is 10.0. The number of hydrogen-bond donors (Lipinski definition) is 7. The molecule has 0 radical (unpaired) electrons. The Bertz CT molecular complexity index is 902. The number of nitrogens with one attached hydrogen (secondary N) is 3. The number of aromatic hydroxyl groups is 2. The van der Waals surface area contributed by atoms with Crippen molar-refractivity contribution in [2.75, 3.05) is 12.4 Å². The van der Waals surface area contributed by atoms with E-state index in [-0.39, 0.29) is 23.6 Å². The number of phenols is 2. The summed E-state index contributed by atoms with van der Waals surface area (Å²) in [7, 11) is 1.37. The summed E-state index contributed by atoms with van der Waals surface area (Å²) in [4.78, 5) is 36.5. The number of hydrogen-bond acceptors (Lipinski definition) is 7. The number of amides is 3. The molecule has 3 amide bonds. The summed E-state index contributed by atoms with van der Waals surface area (Å²) in [6, 6.07) is 10.4. The molecule has 3 atom stereocenters. The van der Waals surface area contributed by atoms with Crippen LogP contribution in [0.3, 0.4) is 0 Å². The molecule has 0 heterocycles. The molecule has 0 fully saturated rings. The first kappa shape index (κ1) is 22.7. The van der Waals surface area contributed by atoms with Gasteiger partial charge in [0.2, 0.25) is 5.91 Å². The SMILES string of the molecule is CNC(=O)C(Cc1ccc(O)cc1)NC(=O)C(O)[C@H](O)C(=O)Nc1cccc(O)c1. The molecule has 7 N–H and O–H groups in total. The van der Waals surface area contributed by atoms with Crippen LogP contribution < -0.4 is 16.0 Å². The number of likely N-dealkylation sites (N-methyl/N-ethyl adjacent to an activating group) is 1. The molecule has 0 saturated carbocycles. The van der Waals surface area contributed by atoms with E-state index in [1.54, 1.807) is 12.1 Å². The summed E-state index contributed by atoms with van der Waals surface area (Å²) < 4.78 is 0. The first-order valence-electron chi connectivity index (χ1n) is 8.97. The zero-order chi connectivity index (χ0) is 22.3. The van der Waals surface area contributed by atoms with Crippen LogP contribution in [0.5, 0.6) is 11.5 Å². The molecule has 0 bridgehead atoms. The van der Waals surface area contributed by atoms with Gasteiger partial charge in [0.1, 0.15) is 17.5 Å². The van der Waals surface area contributed by atoms with Crippen molar-refractivity contribution in [3.63, 3.8) is 0 Å². The molecule has 0 aliphatic heterocycles. The van der Waals surface area contributed by atoms with Crippen LogP contribution in [0.1, 0.15) is 5.56 Å². The fourth-order valence-electron chi connectivity index (χ4n) is 2.59. The zero-order valence-corrected chi connectivity index (χ0v) is 16.1. The number of anilines is 1. The maximum atomic E-state index is 12.3. The van der Waals surface area contributed by atoms with E-state index in [4.69, 9.17) is 0 Å². The fourth-order valence-corrected chi connectivity index (χ4v) is 2.59. The van der Waals surface area contributed by atoms with Gasteiger partial charge in [-0.25, -0.2) is 0 Å². The average molecular weight is 417 g/mol. The van der Waals surface area contributed by atoms with Crippen molar-refractivity contribution in [1.82, 2.24) is 10.6 Å². The van der Waals surface area contributed by atoms with Crippen LogP contribution in [-0.2, 0) is 20.8 Å². The Morgan fingerprint density at radius 1 is 0.867 bits per heavy atom. The highest BCUT2D eigenvalue weighted by Crippen LogP contribution is 2.16. The van der Waals surface area contributed by atoms with Crippen LogP contribution in [-0.4, -0.2) is 63.4 Å². The standard InChI is InChI=1S/C20H23N3O7/c1-21-18(28)15(9-11-5-7-13(24)8-6-11)23-20(30)17(27)16(26)19(29)22-12-3-2-4-14(25)10-12/h2-8,10,15-17,24-27H,9H2,1H3,(H,21,28)(H,22,29)(H,23,30)/t15?,16-,17?/m0/s1. The van der Waals surface area contributed by atoms with Crippen molar-refractivity contribution in [2.24, 2.45) is 0 Å². The van der Waals surface area contributed by atoms with E-state index < -0.39 is 36.0 Å². The monoisotopic (exact) mass is 417 g/mol. The van der Waals surface area contributed by atoms with Gasteiger partial charge in [-0.1, -0.05) is 18.2 Å². The van der Waals surface area contributed by atoms with Crippen LogP contribution in [0.25, 0.3) is 0 Å². The first-order chi connectivity index (χ1) is 14.2. The van der Waals surface area contributed by atoms with E-state index in [9.17, 15) is 34.8 Å². The Morgan fingerprint density at radius 2 is 1.50 bits per heavy atom.